The van der Waals surface area contributed by atoms with Crippen LogP contribution in [0, 0.1) is 24.7 Å². The fraction of sp³-hybridized carbons (Fsp3) is 0.400. The zero-order valence-electron chi connectivity index (χ0n) is 14.8. The molecule has 6 nitrogen and oxygen atoms in total. The number of Topliss-reactive ketones (excluding diaryl/α,β-unsaturated/α-hetero) is 1. The van der Waals surface area contributed by atoms with Crippen LogP contribution in [0.2, 0.25) is 0 Å². The van der Waals surface area contributed by atoms with Crippen LogP contribution in [-0.4, -0.2) is 36.9 Å². The number of fused-ring (bicyclic) bond motifs is 2. The molecule has 6 heteroatoms. The maximum Gasteiger partial charge on any atom is 0.240 e. The summed E-state index contributed by atoms with van der Waals surface area (Å²) < 4.78 is 23.1. The average Bonchev–Trinajstić information content (AvgIpc) is 3.29. The van der Waals surface area contributed by atoms with Crippen molar-refractivity contribution >= 4 is 22.5 Å². The van der Waals surface area contributed by atoms with Gasteiger partial charge in [0.2, 0.25) is 11.7 Å². The highest BCUT2D eigenvalue weighted by Gasteiger charge is 2.66. The van der Waals surface area contributed by atoms with E-state index in [1.54, 1.807) is 6.26 Å². The zero-order valence-corrected chi connectivity index (χ0v) is 14.8. The van der Waals surface area contributed by atoms with Gasteiger partial charge >= 0.3 is 0 Å². The van der Waals surface area contributed by atoms with Gasteiger partial charge in [0.1, 0.15) is 11.6 Å². The van der Waals surface area contributed by atoms with Crippen LogP contribution in [0.1, 0.15) is 11.5 Å². The Morgan fingerprint density at radius 3 is 2.81 bits per heavy atom. The lowest BCUT2D eigenvalue weighted by Crippen LogP contribution is -2.65. The number of allylic oxidation sites excluding steroid dienone is 1. The second-order valence-corrected chi connectivity index (χ2v) is 7.06. The molecule has 0 spiro atoms. The predicted molar refractivity (Wildman–Crippen MR) is 93.0 cm³/mol. The lowest BCUT2D eigenvalue weighted by Gasteiger charge is -2.51. The van der Waals surface area contributed by atoms with Gasteiger partial charge in [-0.05, 0) is 30.7 Å². The van der Waals surface area contributed by atoms with Gasteiger partial charge in [0, 0.05) is 25.7 Å². The Balaban J connectivity index is 1.70. The van der Waals surface area contributed by atoms with Crippen LogP contribution in [-0.2, 0) is 19.0 Å². The Labute approximate surface area is 150 Å². The molecule has 4 atom stereocenters. The lowest BCUT2D eigenvalue weighted by atomic mass is 9.60. The fourth-order valence-electron chi connectivity index (χ4n) is 4.59. The number of aromatic nitrogens is 1. The van der Waals surface area contributed by atoms with Gasteiger partial charge in [0.25, 0.3) is 0 Å². The molecule has 0 N–H and O–H groups in total. The van der Waals surface area contributed by atoms with Crippen LogP contribution in [0.15, 0.2) is 41.0 Å². The van der Waals surface area contributed by atoms with Crippen LogP contribution in [0.3, 0.4) is 0 Å². The highest BCUT2D eigenvalue weighted by molar-refractivity contribution is 5.98. The lowest BCUT2D eigenvalue weighted by molar-refractivity contribution is -0.250. The molecule has 134 valence electrons. The molecule has 1 saturated carbocycles. The summed E-state index contributed by atoms with van der Waals surface area (Å²) in [6.45, 7) is 2.01. The minimum absolute atomic E-state index is 0.0127. The van der Waals surface area contributed by atoms with Gasteiger partial charge < -0.3 is 18.6 Å². The molecule has 0 amide bonds. The first kappa shape index (κ1) is 15.8. The molecule has 6 rings (SSSR count). The van der Waals surface area contributed by atoms with E-state index in [0.717, 1.165) is 22.2 Å². The van der Waals surface area contributed by atoms with Crippen molar-refractivity contribution in [2.75, 3.05) is 14.2 Å². The second kappa shape index (κ2) is 5.28. The van der Waals surface area contributed by atoms with E-state index in [4.69, 9.17) is 18.6 Å². The van der Waals surface area contributed by atoms with Crippen molar-refractivity contribution in [3.8, 4) is 0 Å². The van der Waals surface area contributed by atoms with Crippen molar-refractivity contribution in [3.63, 3.8) is 0 Å². The Hall–Kier alpha value is -2.44. The summed E-state index contributed by atoms with van der Waals surface area (Å²) in [5.41, 5.74) is 3.40. The van der Waals surface area contributed by atoms with Gasteiger partial charge in [-0.2, -0.15) is 0 Å². The third-order valence-electron chi connectivity index (χ3n) is 5.81. The van der Waals surface area contributed by atoms with Gasteiger partial charge in [-0.15, -0.1) is 0 Å². The second-order valence-electron chi connectivity index (χ2n) is 7.06. The number of ketones is 1. The number of methoxy groups -OCH3 is 2. The SMILES string of the molecule is COC1(OC)C(=O)[C@H]2C=C(c3nc4ccc(C)cc4o3)[C@@H]1[C@@H]1OC=C[C@@H]12. The third kappa shape index (κ3) is 1.83. The van der Waals surface area contributed by atoms with Crippen LogP contribution in [0.5, 0.6) is 0 Å². The number of nitrogens with zero attached hydrogens (tertiary/aromatic N) is 1. The van der Waals surface area contributed by atoms with Crippen molar-refractivity contribution in [2.24, 2.45) is 17.8 Å². The molecular weight excluding hydrogens is 334 g/mol. The van der Waals surface area contributed by atoms with Crippen molar-refractivity contribution < 1.29 is 23.4 Å². The van der Waals surface area contributed by atoms with E-state index >= 15 is 0 Å². The molecule has 1 aromatic heterocycles. The first-order valence-corrected chi connectivity index (χ1v) is 8.65. The molecule has 4 aliphatic rings. The molecule has 1 fully saturated rings. The molecule has 1 aromatic carbocycles. The largest absolute Gasteiger partial charge is 0.497 e. The van der Waals surface area contributed by atoms with E-state index in [1.807, 2.05) is 37.3 Å². The fourth-order valence-corrected chi connectivity index (χ4v) is 4.59. The number of carbonyl (C=O) groups is 1. The zero-order chi connectivity index (χ0) is 18.1. The van der Waals surface area contributed by atoms with E-state index in [2.05, 4.69) is 4.98 Å². The van der Waals surface area contributed by atoms with E-state index in [-0.39, 0.29) is 17.8 Å². The number of benzene rings is 1. The van der Waals surface area contributed by atoms with E-state index in [0.29, 0.717) is 5.89 Å². The molecule has 2 aromatic rings. The summed E-state index contributed by atoms with van der Waals surface area (Å²) in [6, 6.07) is 5.88. The highest BCUT2D eigenvalue weighted by Crippen LogP contribution is 2.55. The van der Waals surface area contributed by atoms with E-state index in [9.17, 15) is 4.79 Å². The van der Waals surface area contributed by atoms with Crippen molar-refractivity contribution in [2.45, 2.75) is 18.8 Å². The normalized spacial score (nSPS) is 31.2. The number of carbonyl (C=O) groups excluding carboxylic acids is 1. The van der Waals surface area contributed by atoms with Gasteiger partial charge in [-0.3, -0.25) is 4.79 Å². The number of rotatable bonds is 3. The molecule has 3 aliphatic carbocycles. The molecular formula is C20H19NO5. The summed E-state index contributed by atoms with van der Waals surface area (Å²) in [5.74, 6) is -1.85. The maximum absolute atomic E-state index is 13.1. The molecule has 0 radical (unpaired) electrons. The van der Waals surface area contributed by atoms with Crippen LogP contribution in [0.25, 0.3) is 16.7 Å². The topological polar surface area (TPSA) is 70.8 Å². The van der Waals surface area contributed by atoms with E-state index in [1.165, 1.54) is 14.2 Å². The number of hydrogen-bond acceptors (Lipinski definition) is 6. The number of aryl methyl sites for hydroxylation is 1. The van der Waals surface area contributed by atoms with Crippen LogP contribution < -0.4 is 0 Å². The van der Waals surface area contributed by atoms with Crippen molar-refractivity contribution in [1.29, 1.82) is 0 Å². The monoisotopic (exact) mass is 353 g/mol. The number of oxazole rings is 1. The first-order valence-electron chi connectivity index (χ1n) is 8.65. The third-order valence-corrected chi connectivity index (χ3v) is 5.81. The summed E-state index contributed by atoms with van der Waals surface area (Å²) in [7, 11) is 2.99. The van der Waals surface area contributed by atoms with Gasteiger partial charge in [-0.1, -0.05) is 12.1 Å². The summed E-state index contributed by atoms with van der Waals surface area (Å²) in [4.78, 5) is 17.7. The van der Waals surface area contributed by atoms with Crippen LogP contribution >= 0.6 is 0 Å². The minimum atomic E-state index is -1.39. The van der Waals surface area contributed by atoms with Crippen molar-refractivity contribution in [1.82, 2.24) is 4.98 Å². The molecule has 26 heavy (non-hydrogen) atoms. The molecule has 0 saturated heterocycles. The summed E-state index contributed by atoms with van der Waals surface area (Å²) in [5, 5.41) is 0. The van der Waals surface area contributed by atoms with Crippen molar-refractivity contribution in [3.05, 3.63) is 48.1 Å². The average molecular weight is 353 g/mol. The Kier molecular flexibility index (Phi) is 3.21. The van der Waals surface area contributed by atoms with Gasteiger partial charge in [0.15, 0.2) is 11.4 Å². The first-order chi connectivity index (χ1) is 12.6. The minimum Gasteiger partial charge on any atom is -0.497 e. The smallest absolute Gasteiger partial charge is 0.240 e. The molecule has 2 bridgehead atoms. The summed E-state index contributed by atoms with van der Waals surface area (Å²) in [6.07, 6.45) is 5.31. The number of ether oxygens (including phenoxy) is 3. The van der Waals surface area contributed by atoms with Gasteiger partial charge in [-0.25, -0.2) is 4.98 Å². The number of hydrogen-bond donors (Lipinski definition) is 0. The highest BCUT2D eigenvalue weighted by atomic mass is 16.7. The standard InChI is InChI=1S/C20H19NO5/c1-10-4-5-14-15(8-10)26-19(21-14)13-9-12-11-6-7-25-17(11)16(13)20(23-2,24-3)18(12)22/h4-9,11-12,16-17H,1-3H3/t11-,12+,16-,17-/m1/s1. The quantitative estimate of drug-likeness (QED) is 0.790. The van der Waals surface area contributed by atoms with Gasteiger partial charge in [0.05, 0.1) is 18.1 Å². The Morgan fingerprint density at radius 1 is 1.23 bits per heavy atom. The summed E-state index contributed by atoms with van der Waals surface area (Å²) >= 11 is 0. The van der Waals surface area contributed by atoms with Crippen LogP contribution in [0.4, 0.5) is 0 Å². The Morgan fingerprint density at radius 2 is 2.04 bits per heavy atom. The molecule has 2 heterocycles. The maximum atomic E-state index is 13.1. The molecule has 1 aliphatic heterocycles. The Bertz CT molecular complexity index is 968. The molecule has 0 unspecified atom stereocenters. The predicted octanol–water partition coefficient (Wildman–Crippen LogP) is 2.87. The van der Waals surface area contributed by atoms with E-state index < -0.39 is 17.6 Å².